The van der Waals surface area contributed by atoms with Crippen molar-refractivity contribution in [2.75, 3.05) is 24.4 Å². The van der Waals surface area contributed by atoms with Crippen LogP contribution < -0.4 is 9.44 Å². The summed E-state index contributed by atoms with van der Waals surface area (Å²) in [5, 5.41) is 10.5. The Morgan fingerprint density at radius 2 is 1.88 bits per heavy atom. The lowest BCUT2D eigenvalue weighted by atomic mass is 9.87. The number of carbonyl (C=O) groups excluding carboxylic acids is 1. The lowest BCUT2D eigenvalue weighted by molar-refractivity contribution is -0.117. The minimum atomic E-state index is -3.57. The quantitative estimate of drug-likeness (QED) is 0.637. The van der Waals surface area contributed by atoms with E-state index in [4.69, 9.17) is 5.14 Å². The summed E-state index contributed by atoms with van der Waals surface area (Å²) < 4.78 is 35.3. The first-order chi connectivity index (χ1) is 15.9. The molecule has 10 heteroatoms. The van der Waals surface area contributed by atoms with Gasteiger partial charge < -0.3 is 4.90 Å². The second-order valence-electron chi connectivity index (χ2n) is 9.83. The lowest BCUT2D eigenvalue weighted by Crippen LogP contribution is -2.51. The average Bonchev–Trinajstić information content (AvgIpc) is 3.13. The number of carbonyl (C=O) groups is 1. The number of hydrogen-bond donors (Lipinski definition) is 1. The predicted octanol–water partition coefficient (Wildman–Crippen LogP) is 3.73. The Morgan fingerprint density at radius 1 is 1.26 bits per heavy atom. The summed E-state index contributed by atoms with van der Waals surface area (Å²) in [7, 11) is 0.198. The molecule has 1 aromatic carbocycles. The summed E-state index contributed by atoms with van der Waals surface area (Å²) >= 11 is 0. The van der Waals surface area contributed by atoms with E-state index in [2.05, 4.69) is 14.4 Å². The second kappa shape index (κ2) is 10.5. The Bertz CT molecular complexity index is 1120. The standard InChI is InChI=1S/C24H37FN6O2S/c1-16(2)21-10-18(25)11-22(17(3)4)23(21)12-24(32)28-34(26,33)31(20-13-27-30(6)15-20)19-8-7-9-29(5)14-19/h10-11,13,15-17,19H,7-9,12,14H2,1-6H3,(H2,26,28,32,33). The molecule has 1 saturated heterocycles. The van der Waals surface area contributed by atoms with Crippen LogP contribution in [0.1, 0.15) is 69.1 Å². The maximum absolute atomic E-state index is 14.3. The highest BCUT2D eigenvalue weighted by molar-refractivity contribution is 7.93. The van der Waals surface area contributed by atoms with Gasteiger partial charge in [-0.05, 0) is 67.1 Å². The molecular weight excluding hydrogens is 455 g/mol. The molecule has 2 atom stereocenters. The van der Waals surface area contributed by atoms with Gasteiger partial charge in [0.2, 0.25) is 10.1 Å². The zero-order chi connectivity index (χ0) is 25.2. The third-order valence-electron chi connectivity index (χ3n) is 6.25. The number of likely N-dealkylation sites (N-methyl/N-ethyl adjacent to an activating group) is 1. The number of piperidine rings is 1. The minimum Gasteiger partial charge on any atom is -0.304 e. The molecule has 2 unspecified atom stereocenters. The summed E-state index contributed by atoms with van der Waals surface area (Å²) in [6, 6.07) is 2.78. The van der Waals surface area contributed by atoms with E-state index < -0.39 is 16.0 Å². The van der Waals surface area contributed by atoms with Crippen LogP contribution in [-0.4, -0.2) is 51.0 Å². The Labute approximate surface area is 202 Å². The number of aromatic nitrogens is 2. The van der Waals surface area contributed by atoms with Gasteiger partial charge in [-0.3, -0.25) is 13.8 Å². The number of aryl methyl sites for hydroxylation is 1. The van der Waals surface area contributed by atoms with Gasteiger partial charge in [0, 0.05) is 19.8 Å². The Balaban J connectivity index is 2.01. The van der Waals surface area contributed by atoms with E-state index >= 15 is 0 Å². The fourth-order valence-corrected chi connectivity index (χ4v) is 6.16. The molecule has 1 amide bonds. The van der Waals surface area contributed by atoms with Crippen LogP contribution in [0.2, 0.25) is 0 Å². The third kappa shape index (κ3) is 6.03. The van der Waals surface area contributed by atoms with Gasteiger partial charge in [0.1, 0.15) is 5.82 Å². The molecule has 8 nitrogen and oxygen atoms in total. The van der Waals surface area contributed by atoms with Crippen molar-refractivity contribution in [3.8, 4) is 0 Å². The molecule has 188 valence electrons. The predicted molar refractivity (Wildman–Crippen MR) is 134 cm³/mol. The van der Waals surface area contributed by atoms with Crippen LogP contribution in [0.5, 0.6) is 0 Å². The molecule has 0 aliphatic carbocycles. The molecule has 0 spiro atoms. The first-order valence-electron chi connectivity index (χ1n) is 11.8. The van der Waals surface area contributed by atoms with Crippen LogP contribution in [0, 0.1) is 5.82 Å². The highest BCUT2D eigenvalue weighted by Crippen LogP contribution is 2.30. The van der Waals surface area contributed by atoms with E-state index in [9.17, 15) is 13.4 Å². The maximum Gasteiger partial charge on any atom is 0.260 e. The Kier molecular flexibility index (Phi) is 8.15. The molecule has 1 aromatic heterocycles. The molecular formula is C24H37FN6O2S. The van der Waals surface area contributed by atoms with Crippen molar-refractivity contribution in [3.63, 3.8) is 0 Å². The summed E-state index contributed by atoms with van der Waals surface area (Å²) in [5.41, 5.74) is 2.82. The second-order valence-corrected chi connectivity index (χ2v) is 11.5. The molecule has 2 N–H and O–H groups in total. The third-order valence-corrected chi connectivity index (χ3v) is 7.78. The van der Waals surface area contributed by atoms with Crippen LogP contribution in [-0.2, 0) is 28.4 Å². The molecule has 2 heterocycles. The number of nitrogens with two attached hydrogens (primary N) is 1. The fraction of sp³-hybridized carbons (Fsp3) is 0.583. The number of benzene rings is 1. The van der Waals surface area contributed by atoms with Crippen LogP contribution in [0.4, 0.5) is 10.1 Å². The van der Waals surface area contributed by atoms with Crippen molar-refractivity contribution in [2.24, 2.45) is 16.5 Å². The molecule has 1 aliphatic heterocycles. The van der Waals surface area contributed by atoms with Crippen LogP contribution in [0.25, 0.3) is 0 Å². The highest BCUT2D eigenvalue weighted by Gasteiger charge is 2.31. The van der Waals surface area contributed by atoms with Gasteiger partial charge >= 0.3 is 0 Å². The number of hydrogen-bond acceptors (Lipinski definition) is 4. The summed E-state index contributed by atoms with van der Waals surface area (Å²) in [5.74, 6) is -0.876. The SMILES string of the molecule is CC(C)c1cc(F)cc(C(C)C)c1CC(=O)N=S(N)(=O)N(c1cnn(C)c1)C1CCCN(C)C1. The van der Waals surface area contributed by atoms with E-state index in [0.717, 1.165) is 36.1 Å². The first kappa shape index (κ1) is 26.3. The van der Waals surface area contributed by atoms with Gasteiger partial charge in [0.05, 0.1) is 24.3 Å². The van der Waals surface area contributed by atoms with E-state index in [0.29, 0.717) is 12.2 Å². The van der Waals surface area contributed by atoms with E-state index in [-0.39, 0.29) is 30.1 Å². The first-order valence-corrected chi connectivity index (χ1v) is 13.3. The highest BCUT2D eigenvalue weighted by atomic mass is 32.2. The molecule has 0 saturated carbocycles. The number of rotatable bonds is 7. The van der Waals surface area contributed by atoms with Crippen LogP contribution in [0.3, 0.4) is 0 Å². The zero-order valence-electron chi connectivity index (χ0n) is 21.0. The van der Waals surface area contributed by atoms with Crippen LogP contribution in [0.15, 0.2) is 28.9 Å². The van der Waals surface area contributed by atoms with E-state index in [1.54, 1.807) is 28.4 Å². The van der Waals surface area contributed by atoms with E-state index in [1.165, 1.54) is 12.1 Å². The smallest absolute Gasteiger partial charge is 0.260 e. The number of amides is 1. The van der Waals surface area contributed by atoms with Gasteiger partial charge in [-0.15, -0.1) is 4.36 Å². The zero-order valence-corrected chi connectivity index (χ0v) is 21.8. The molecule has 34 heavy (non-hydrogen) atoms. The number of likely N-dealkylation sites (tertiary alicyclic amines) is 1. The molecule has 3 rings (SSSR count). The average molecular weight is 493 g/mol. The number of anilines is 1. The number of halogens is 1. The fourth-order valence-electron chi connectivity index (χ4n) is 4.72. The van der Waals surface area contributed by atoms with Crippen molar-refractivity contribution in [2.45, 2.75) is 64.8 Å². The molecule has 0 bridgehead atoms. The van der Waals surface area contributed by atoms with Crippen molar-refractivity contribution in [1.82, 2.24) is 14.7 Å². The van der Waals surface area contributed by atoms with Gasteiger partial charge in [-0.2, -0.15) is 5.10 Å². The van der Waals surface area contributed by atoms with Crippen molar-refractivity contribution in [1.29, 1.82) is 0 Å². The van der Waals surface area contributed by atoms with Crippen molar-refractivity contribution >= 4 is 21.7 Å². The molecule has 1 fully saturated rings. The molecule has 0 radical (unpaired) electrons. The van der Waals surface area contributed by atoms with Gasteiger partial charge in [0.15, 0.2) is 0 Å². The Hall–Kier alpha value is -2.30. The van der Waals surface area contributed by atoms with Gasteiger partial charge in [0.25, 0.3) is 5.91 Å². The topological polar surface area (TPSA) is 96.8 Å². The maximum atomic E-state index is 14.3. The van der Waals surface area contributed by atoms with Crippen molar-refractivity contribution in [3.05, 3.63) is 47.0 Å². The summed E-state index contributed by atoms with van der Waals surface area (Å²) in [6.45, 7) is 9.43. The van der Waals surface area contributed by atoms with Crippen molar-refractivity contribution < 1.29 is 13.4 Å². The minimum absolute atomic E-state index is 0.0166. The number of nitrogens with zero attached hydrogens (tertiary/aromatic N) is 5. The van der Waals surface area contributed by atoms with Gasteiger partial charge in [-0.25, -0.2) is 13.7 Å². The van der Waals surface area contributed by atoms with Gasteiger partial charge in [-0.1, -0.05) is 27.7 Å². The summed E-state index contributed by atoms with van der Waals surface area (Å²) in [4.78, 5) is 15.3. The Morgan fingerprint density at radius 3 is 2.38 bits per heavy atom. The molecule has 1 aliphatic rings. The van der Waals surface area contributed by atoms with Crippen LogP contribution >= 0.6 is 0 Å². The monoisotopic (exact) mass is 492 g/mol. The largest absolute Gasteiger partial charge is 0.304 e. The lowest BCUT2D eigenvalue weighted by Gasteiger charge is -2.38. The normalized spacial score (nSPS) is 18.8. The molecule has 2 aromatic rings. The van der Waals surface area contributed by atoms with E-state index in [1.807, 2.05) is 34.7 Å². The summed E-state index contributed by atoms with van der Waals surface area (Å²) in [6.07, 6.45) is 4.95.